The molecule has 0 aliphatic carbocycles. The Hall–Kier alpha value is -2.03. The fraction of sp³-hybridized carbons (Fsp3) is 0.344. The molecule has 0 radical (unpaired) electrons. The van der Waals surface area contributed by atoms with E-state index >= 15 is 0 Å². The molecule has 0 aromatic heterocycles. The highest BCUT2D eigenvalue weighted by Crippen LogP contribution is 2.49. The van der Waals surface area contributed by atoms with Gasteiger partial charge >= 0.3 is 0 Å². The van der Waals surface area contributed by atoms with Crippen LogP contribution in [0.1, 0.15) is 45.7 Å². The Morgan fingerprint density at radius 1 is 0.827 bits per heavy atom. The SMILES string of the molecule is CC(/C=C/C=C1/N(CCS(=O)(=O)O)c2cc([124I])c(S(=O)(=O)O)cc2C1(C)C)=C\C=C\C1=[N+](CCS(=O)(=O)O)c2cc([125I])c(S(=O)(=O)O)cc2C1(C)C. The third-order valence-corrected chi connectivity index (χ3v) is 14.5. The number of nitrogens with zero attached hydrogens (tertiary/aromatic N) is 2. The van der Waals surface area contributed by atoms with Crippen molar-refractivity contribution in [3.63, 3.8) is 0 Å². The lowest BCUT2D eigenvalue weighted by molar-refractivity contribution is -0.432. The average Bonchev–Trinajstić information content (AvgIpc) is 3.29. The van der Waals surface area contributed by atoms with Gasteiger partial charge in [-0.05, 0) is 95.8 Å². The Morgan fingerprint density at radius 2 is 1.40 bits per heavy atom. The van der Waals surface area contributed by atoms with Gasteiger partial charge in [-0.2, -0.15) is 38.2 Å². The second-order valence-electron chi connectivity index (χ2n) is 13.2. The van der Waals surface area contributed by atoms with Crippen molar-refractivity contribution in [3.8, 4) is 0 Å². The Bertz CT molecular complexity index is 2450. The number of rotatable bonds is 12. The molecule has 0 saturated carbocycles. The zero-order valence-corrected chi connectivity index (χ0v) is 36.0. The quantitative estimate of drug-likeness (QED) is 0.0921. The van der Waals surface area contributed by atoms with E-state index in [0.717, 1.165) is 5.57 Å². The smallest absolute Gasteiger partial charge is 0.295 e. The van der Waals surface area contributed by atoms with Crippen LogP contribution < -0.4 is 4.90 Å². The molecule has 0 bridgehead atoms. The van der Waals surface area contributed by atoms with Crippen molar-refractivity contribution in [1.29, 1.82) is 0 Å². The molecule has 2 aliphatic heterocycles. The van der Waals surface area contributed by atoms with Gasteiger partial charge in [0.05, 0.1) is 11.2 Å². The van der Waals surface area contributed by atoms with Gasteiger partial charge in [0, 0.05) is 48.2 Å². The third kappa shape index (κ3) is 9.42. The largest absolute Gasteiger partial charge is 0.343 e. The van der Waals surface area contributed by atoms with Crippen LogP contribution in [0, 0.1) is 7.14 Å². The summed E-state index contributed by atoms with van der Waals surface area (Å²) in [6.45, 7) is 8.80. The van der Waals surface area contributed by atoms with Crippen LogP contribution in [0.3, 0.4) is 0 Å². The molecule has 2 aromatic carbocycles. The fourth-order valence-electron chi connectivity index (χ4n) is 6.27. The maximum Gasteiger partial charge on any atom is 0.295 e. The fourth-order valence-corrected chi connectivity index (χ4v) is 10.8. The standard InChI is InChI=1S/C32H36I2N2O12S4/c1-20(8-6-10-29-31(2,3)21-16-27(51(43,44)45)23(33)18-25(21)35(29)12-14-49(37,38)39)9-7-11-30-32(4,5)22-17-28(52(46,47)48)24(34)19-26(22)36(30)13-15-50(40,41)42/h6-11,16-19H,12-15H2,1-5H3,(H3-,37,38,39,40,41,42,43,44,45,46,47,48)/p+1/i33-3,34-2. The summed E-state index contributed by atoms with van der Waals surface area (Å²) in [5.74, 6) is -1.19. The summed E-state index contributed by atoms with van der Waals surface area (Å²) in [7, 11) is -17.8. The number of hydrogen-bond donors (Lipinski definition) is 4. The van der Waals surface area contributed by atoms with E-state index in [4.69, 9.17) is 0 Å². The Balaban J connectivity index is 1.72. The minimum absolute atomic E-state index is 0.135. The predicted molar refractivity (Wildman–Crippen MR) is 214 cm³/mol. The van der Waals surface area contributed by atoms with Gasteiger partial charge in [0.15, 0.2) is 12.3 Å². The molecule has 20 heteroatoms. The molecule has 284 valence electrons. The first-order valence-electron chi connectivity index (χ1n) is 15.3. The predicted octanol–water partition coefficient (Wildman–Crippen LogP) is 5.28. The molecule has 2 heterocycles. The average molecular weight is 1020 g/mol. The molecule has 0 atom stereocenters. The van der Waals surface area contributed by atoms with E-state index in [1.54, 1.807) is 98.0 Å². The molecule has 2 aliphatic rings. The highest BCUT2D eigenvalue weighted by atomic mass is 125. The molecule has 0 spiro atoms. The highest BCUT2D eigenvalue weighted by molar-refractivity contribution is 14.1. The number of allylic oxidation sites excluding steroid dienone is 8. The molecule has 0 unspecified atom stereocenters. The van der Waals surface area contributed by atoms with Crippen molar-refractivity contribution in [2.45, 2.75) is 55.2 Å². The molecule has 4 N–H and O–H groups in total. The van der Waals surface area contributed by atoms with E-state index < -0.39 is 62.8 Å². The number of fused-ring (bicyclic) bond motifs is 2. The lowest BCUT2D eigenvalue weighted by Gasteiger charge is -2.26. The van der Waals surface area contributed by atoms with Gasteiger partial charge < -0.3 is 4.90 Å². The first kappa shape index (κ1) is 42.7. The van der Waals surface area contributed by atoms with E-state index in [-0.39, 0.29) is 30.0 Å². The summed E-state index contributed by atoms with van der Waals surface area (Å²) in [6.07, 6.45) is 10.4. The van der Waals surface area contributed by atoms with Crippen molar-refractivity contribution < 1.29 is 56.5 Å². The zero-order valence-electron chi connectivity index (χ0n) is 28.4. The Labute approximate surface area is 331 Å². The van der Waals surface area contributed by atoms with Crippen LogP contribution in [-0.4, -0.2) is 86.8 Å². The van der Waals surface area contributed by atoms with Crippen molar-refractivity contribution in [2.24, 2.45) is 0 Å². The van der Waals surface area contributed by atoms with Gasteiger partial charge in [0.1, 0.15) is 15.5 Å². The monoisotopic (exact) mass is 1020 g/mol. The number of anilines is 1. The van der Waals surface area contributed by atoms with Crippen LogP contribution in [0.25, 0.3) is 0 Å². The number of hydrogen-bond acceptors (Lipinski definition) is 9. The molecule has 4 rings (SSSR count). The maximum absolute atomic E-state index is 12.1. The molecule has 14 nitrogen and oxygen atoms in total. The Morgan fingerprint density at radius 3 is 1.96 bits per heavy atom. The summed E-state index contributed by atoms with van der Waals surface area (Å²) < 4.78 is 136. The minimum atomic E-state index is -4.55. The highest BCUT2D eigenvalue weighted by Gasteiger charge is 2.46. The zero-order chi connectivity index (χ0) is 39.4. The molecule has 2 aromatic rings. The second-order valence-corrected chi connectivity index (χ2v) is 21.5. The minimum Gasteiger partial charge on any atom is -0.343 e. The van der Waals surface area contributed by atoms with E-state index in [2.05, 4.69) is 0 Å². The van der Waals surface area contributed by atoms with Crippen molar-refractivity contribution in [2.75, 3.05) is 29.5 Å². The summed E-state index contributed by atoms with van der Waals surface area (Å²) in [6, 6.07) is 5.79. The molecule has 52 heavy (non-hydrogen) atoms. The van der Waals surface area contributed by atoms with Crippen LogP contribution in [0.2, 0.25) is 0 Å². The summed E-state index contributed by atoms with van der Waals surface area (Å²) in [5.41, 5.74) is 2.35. The van der Waals surface area contributed by atoms with Crippen LogP contribution in [0.4, 0.5) is 11.4 Å². The molecule has 0 amide bonds. The third-order valence-electron chi connectivity index (χ3n) is 8.82. The van der Waals surface area contributed by atoms with Crippen LogP contribution >= 0.6 is 45.2 Å². The van der Waals surface area contributed by atoms with Gasteiger partial charge in [-0.25, -0.2) is 0 Å². The van der Waals surface area contributed by atoms with Crippen LogP contribution in [0.5, 0.6) is 0 Å². The van der Waals surface area contributed by atoms with E-state index in [1.165, 1.54) is 24.3 Å². The topological polar surface area (TPSA) is 224 Å². The molecule has 0 saturated heterocycles. The summed E-state index contributed by atoms with van der Waals surface area (Å²) >= 11 is 3.55. The van der Waals surface area contributed by atoms with Gasteiger partial charge in [0.2, 0.25) is 5.69 Å². The van der Waals surface area contributed by atoms with Crippen LogP contribution in [0.15, 0.2) is 81.8 Å². The molecular weight excluding hydrogens is 981 g/mol. The van der Waals surface area contributed by atoms with E-state index in [0.29, 0.717) is 33.9 Å². The van der Waals surface area contributed by atoms with E-state index in [1.807, 2.05) is 27.7 Å². The summed E-state index contributed by atoms with van der Waals surface area (Å²) in [4.78, 5) is 1.11. The molecular formula is C32H37I2N2O12S4+. The summed E-state index contributed by atoms with van der Waals surface area (Å²) in [5, 5.41) is 0. The van der Waals surface area contributed by atoms with Crippen molar-refractivity contribution in [3.05, 3.63) is 90.3 Å². The Kier molecular flexibility index (Phi) is 12.2. The van der Waals surface area contributed by atoms with Crippen molar-refractivity contribution >= 4 is 103 Å². The van der Waals surface area contributed by atoms with Gasteiger partial charge in [-0.1, -0.05) is 43.7 Å². The lowest BCUT2D eigenvalue weighted by atomic mass is 9.81. The van der Waals surface area contributed by atoms with Crippen LogP contribution in [-0.2, 0) is 51.3 Å². The second kappa shape index (κ2) is 14.9. The first-order chi connectivity index (χ1) is 23.6. The molecule has 0 fully saturated rings. The van der Waals surface area contributed by atoms with Crippen molar-refractivity contribution in [1.82, 2.24) is 0 Å². The van der Waals surface area contributed by atoms with Gasteiger partial charge in [-0.15, -0.1) is 0 Å². The maximum atomic E-state index is 12.1. The number of benzene rings is 2. The number of halogens is 2. The van der Waals surface area contributed by atoms with E-state index in [9.17, 15) is 51.9 Å². The first-order valence-corrected chi connectivity index (χ1v) is 23.5. The van der Waals surface area contributed by atoms with Gasteiger partial charge in [0.25, 0.3) is 40.5 Å². The normalized spacial score (nSPS) is 18.6. The lowest BCUT2D eigenvalue weighted by Crippen LogP contribution is -2.30. The van der Waals surface area contributed by atoms with Gasteiger partial charge in [-0.3, -0.25) is 18.2 Å².